The van der Waals surface area contributed by atoms with E-state index in [-0.39, 0.29) is 29.8 Å². The number of halogens is 2. The Morgan fingerprint density at radius 1 is 1.22 bits per heavy atom. The number of nitrogens with zero attached hydrogens (tertiary/aromatic N) is 3. The molecule has 3 aromatic rings. The molecule has 7 nitrogen and oxygen atoms in total. The summed E-state index contributed by atoms with van der Waals surface area (Å²) in [6, 6.07) is 13.7. The minimum Gasteiger partial charge on any atom is -0.383 e. The van der Waals surface area contributed by atoms with Crippen LogP contribution in [-0.4, -0.2) is 53.1 Å². The van der Waals surface area contributed by atoms with Crippen molar-refractivity contribution < 1.29 is 18.7 Å². The molecule has 0 atom stereocenters. The summed E-state index contributed by atoms with van der Waals surface area (Å²) in [5, 5.41) is 2.71. The van der Waals surface area contributed by atoms with Gasteiger partial charge in [-0.15, -0.1) is 0 Å². The minimum absolute atomic E-state index is 0.0472. The zero-order chi connectivity index (χ0) is 23.1. The lowest BCUT2D eigenvalue weighted by atomic mass is 10.2. The van der Waals surface area contributed by atoms with Gasteiger partial charge >= 0.3 is 0 Å². The molecule has 0 saturated heterocycles. The van der Waals surface area contributed by atoms with E-state index in [9.17, 15) is 14.0 Å². The Labute approximate surface area is 190 Å². The highest BCUT2D eigenvalue weighted by molar-refractivity contribution is 6.30. The predicted molar refractivity (Wildman–Crippen MR) is 121 cm³/mol. The van der Waals surface area contributed by atoms with Gasteiger partial charge in [-0.2, -0.15) is 0 Å². The maximum atomic E-state index is 13.7. The highest BCUT2D eigenvalue weighted by atomic mass is 35.5. The minimum atomic E-state index is -0.545. The van der Waals surface area contributed by atoms with Crippen molar-refractivity contribution in [2.45, 2.75) is 13.3 Å². The van der Waals surface area contributed by atoms with Gasteiger partial charge in [-0.25, -0.2) is 9.37 Å². The van der Waals surface area contributed by atoms with Crippen molar-refractivity contribution in [2.24, 2.45) is 0 Å². The molecular formula is C23H24ClFN4O3. The van der Waals surface area contributed by atoms with E-state index in [4.69, 9.17) is 16.3 Å². The van der Waals surface area contributed by atoms with E-state index in [1.165, 1.54) is 24.1 Å². The summed E-state index contributed by atoms with van der Waals surface area (Å²) < 4.78 is 20.3. The molecule has 0 unspecified atom stereocenters. The maximum Gasteiger partial charge on any atom is 0.246 e. The number of hydrogen-bond acceptors (Lipinski definition) is 4. The molecule has 32 heavy (non-hydrogen) atoms. The smallest absolute Gasteiger partial charge is 0.246 e. The van der Waals surface area contributed by atoms with Gasteiger partial charge in [-0.1, -0.05) is 48.9 Å². The van der Waals surface area contributed by atoms with Crippen LogP contribution in [0.5, 0.6) is 0 Å². The Kier molecular flexibility index (Phi) is 7.97. The Bertz CT molecular complexity index is 1090. The first kappa shape index (κ1) is 23.4. The summed E-state index contributed by atoms with van der Waals surface area (Å²) in [6.07, 6.45) is 2.01. The van der Waals surface area contributed by atoms with Crippen molar-refractivity contribution in [3.05, 3.63) is 65.6 Å². The van der Waals surface area contributed by atoms with Crippen LogP contribution in [0.4, 0.5) is 10.3 Å². The zero-order valence-corrected chi connectivity index (χ0v) is 18.6. The average Bonchev–Trinajstić information content (AvgIpc) is 3.22. The van der Waals surface area contributed by atoms with Gasteiger partial charge in [0.2, 0.25) is 17.8 Å². The summed E-state index contributed by atoms with van der Waals surface area (Å²) in [5.41, 5.74) is 1.99. The van der Waals surface area contributed by atoms with Crippen LogP contribution in [0, 0.1) is 5.82 Å². The highest BCUT2D eigenvalue weighted by Gasteiger charge is 2.19. The lowest BCUT2D eigenvalue weighted by Crippen LogP contribution is -2.39. The molecule has 168 valence electrons. The van der Waals surface area contributed by atoms with E-state index in [1.807, 2.05) is 30.3 Å². The van der Waals surface area contributed by atoms with Gasteiger partial charge in [0.15, 0.2) is 0 Å². The van der Waals surface area contributed by atoms with Gasteiger partial charge in [0, 0.05) is 31.8 Å². The first-order chi connectivity index (χ1) is 15.4. The van der Waals surface area contributed by atoms with Crippen LogP contribution in [0.1, 0.15) is 13.3 Å². The fourth-order valence-corrected chi connectivity index (χ4v) is 3.28. The predicted octanol–water partition coefficient (Wildman–Crippen LogP) is 4.16. The molecule has 0 aliphatic rings. The van der Waals surface area contributed by atoms with Crippen LogP contribution in [0.3, 0.4) is 0 Å². The third-order valence-electron chi connectivity index (χ3n) is 4.76. The number of benzene rings is 2. The van der Waals surface area contributed by atoms with Crippen molar-refractivity contribution in [2.75, 3.05) is 32.1 Å². The Morgan fingerprint density at radius 3 is 2.62 bits per heavy atom. The number of imidazole rings is 1. The summed E-state index contributed by atoms with van der Waals surface area (Å²) in [6.45, 7) is 2.21. The molecule has 0 bridgehead atoms. The average molecular weight is 459 g/mol. The largest absolute Gasteiger partial charge is 0.383 e. The van der Waals surface area contributed by atoms with Crippen LogP contribution in [-0.2, 0) is 14.3 Å². The summed E-state index contributed by atoms with van der Waals surface area (Å²) in [4.78, 5) is 30.9. The number of amides is 2. The first-order valence-corrected chi connectivity index (χ1v) is 10.5. The molecule has 0 aliphatic heterocycles. The van der Waals surface area contributed by atoms with Gasteiger partial charge in [0.25, 0.3) is 0 Å². The van der Waals surface area contributed by atoms with Crippen molar-refractivity contribution in [3.63, 3.8) is 0 Å². The third-order valence-corrected chi connectivity index (χ3v) is 5.05. The molecule has 0 fully saturated rings. The number of nitrogens with one attached hydrogen (secondary N) is 1. The normalized spacial score (nSPS) is 10.8. The summed E-state index contributed by atoms with van der Waals surface area (Å²) in [5.74, 6) is -0.887. The molecule has 1 N–H and O–H groups in total. The number of carbonyl (C=O) groups is 2. The van der Waals surface area contributed by atoms with Crippen LogP contribution >= 0.6 is 11.6 Å². The maximum absolute atomic E-state index is 13.7. The zero-order valence-electron chi connectivity index (χ0n) is 17.8. The molecule has 3 rings (SSSR count). The van der Waals surface area contributed by atoms with Crippen molar-refractivity contribution >= 4 is 29.4 Å². The lowest BCUT2D eigenvalue weighted by Gasteiger charge is -2.21. The Balaban J connectivity index is 1.91. The second-order valence-corrected chi connectivity index (χ2v) is 7.40. The van der Waals surface area contributed by atoms with Crippen molar-refractivity contribution in [1.29, 1.82) is 0 Å². The van der Waals surface area contributed by atoms with Crippen molar-refractivity contribution in [1.82, 2.24) is 14.5 Å². The summed E-state index contributed by atoms with van der Waals surface area (Å²) >= 11 is 5.96. The number of anilines is 1. The van der Waals surface area contributed by atoms with E-state index in [0.29, 0.717) is 24.5 Å². The third kappa shape index (κ3) is 5.72. The molecule has 1 heterocycles. The standard InChI is InChI=1S/C23H24ClFN4O3/c1-3-22(31)28(11-12-32-2)15-21(30)27-23-26-20(16-7-5-4-6-8-16)14-29(23)17-9-10-19(25)18(24)13-17/h4-10,13-14H,3,11-12,15H2,1-2H3,(H,26,27,30). The van der Waals surface area contributed by atoms with Crippen LogP contribution < -0.4 is 5.32 Å². The number of ether oxygens (including phenoxy) is 1. The Hall–Kier alpha value is -3.23. The second kappa shape index (κ2) is 10.9. The van der Waals surface area contributed by atoms with E-state index in [2.05, 4.69) is 10.3 Å². The van der Waals surface area contributed by atoms with Gasteiger partial charge in [0.1, 0.15) is 12.4 Å². The first-order valence-electron chi connectivity index (χ1n) is 10.1. The monoisotopic (exact) mass is 458 g/mol. The van der Waals surface area contributed by atoms with Gasteiger partial charge in [0.05, 0.1) is 23.0 Å². The van der Waals surface area contributed by atoms with E-state index >= 15 is 0 Å². The number of hydrogen-bond donors (Lipinski definition) is 1. The van der Waals surface area contributed by atoms with E-state index in [1.54, 1.807) is 23.8 Å². The van der Waals surface area contributed by atoms with Crippen molar-refractivity contribution in [3.8, 4) is 16.9 Å². The fraction of sp³-hybridized carbons (Fsp3) is 0.261. The summed E-state index contributed by atoms with van der Waals surface area (Å²) in [7, 11) is 1.53. The van der Waals surface area contributed by atoms with Crippen LogP contribution in [0.15, 0.2) is 54.7 Å². The quantitative estimate of drug-likeness (QED) is 0.522. The number of carbonyl (C=O) groups excluding carboxylic acids is 2. The molecule has 9 heteroatoms. The van der Waals surface area contributed by atoms with Gasteiger partial charge in [-0.3, -0.25) is 19.5 Å². The number of methoxy groups -OCH3 is 1. The molecule has 2 amide bonds. The second-order valence-electron chi connectivity index (χ2n) is 6.99. The topological polar surface area (TPSA) is 76.5 Å². The lowest BCUT2D eigenvalue weighted by molar-refractivity contribution is -0.135. The van der Waals surface area contributed by atoms with Gasteiger partial charge in [-0.05, 0) is 18.2 Å². The molecule has 0 aliphatic carbocycles. The van der Waals surface area contributed by atoms with Crippen LogP contribution in [0.25, 0.3) is 16.9 Å². The number of rotatable bonds is 9. The highest BCUT2D eigenvalue weighted by Crippen LogP contribution is 2.26. The molecule has 1 aromatic heterocycles. The van der Waals surface area contributed by atoms with Gasteiger partial charge < -0.3 is 9.64 Å². The molecular weight excluding hydrogens is 435 g/mol. The van der Waals surface area contributed by atoms with Crippen LogP contribution in [0.2, 0.25) is 5.02 Å². The van der Waals surface area contributed by atoms with E-state index < -0.39 is 11.7 Å². The SMILES string of the molecule is CCC(=O)N(CCOC)CC(=O)Nc1nc(-c2ccccc2)cn1-c1ccc(F)c(Cl)c1. The molecule has 0 radical (unpaired) electrons. The Morgan fingerprint density at radius 2 is 1.97 bits per heavy atom. The number of aromatic nitrogens is 2. The van der Waals surface area contributed by atoms with E-state index in [0.717, 1.165) is 5.56 Å². The molecule has 0 saturated carbocycles. The molecule has 2 aromatic carbocycles. The fourth-order valence-electron chi connectivity index (χ4n) is 3.10. The molecule has 0 spiro atoms.